The number of benzene rings is 3. The van der Waals surface area contributed by atoms with Gasteiger partial charge in [-0.05, 0) is 49.7 Å². The summed E-state index contributed by atoms with van der Waals surface area (Å²) in [5.74, 6) is -0.133. The van der Waals surface area contributed by atoms with Crippen LogP contribution >= 0.6 is 23.4 Å². The van der Waals surface area contributed by atoms with Gasteiger partial charge in [0, 0.05) is 5.02 Å². The SMILES string of the molecule is CC(Sc1nc2ccccc2c(=O)n1-c1cccc(Cl)c1)C(=O)NC(C)c1ccccc1. The number of hydrogen-bond donors (Lipinski definition) is 1. The Morgan fingerprint density at radius 1 is 1.00 bits per heavy atom. The summed E-state index contributed by atoms with van der Waals surface area (Å²) in [7, 11) is 0. The van der Waals surface area contributed by atoms with Crippen molar-refractivity contribution in [3.63, 3.8) is 0 Å². The molecule has 0 radical (unpaired) electrons. The molecule has 2 atom stereocenters. The molecule has 3 aromatic carbocycles. The largest absolute Gasteiger partial charge is 0.349 e. The molecule has 4 rings (SSSR count). The van der Waals surface area contributed by atoms with Crippen molar-refractivity contribution in [3.8, 4) is 5.69 Å². The van der Waals surface area contributed by atoms with Crippen LogP contribution in [-0.4, -0.2) is 20.7 Å². The molecule has 162 valence electrons. The van der Waals surface area contributed by atoms with Gasteiger partial charge in [0.05, 0.1) is 27.9 Å². The molecule has 0 bridgehead atoms. The molecule has 2 unspecified atom stereocenters. The summed E-state index contributed by atoms with van der Waals surface area (Å²) >= 11 is 7.42. The number of nitrogens with zero attached hydrogens (tertiary/aromatic N) is 2. The smallest absolute Gasteiger partial charge is 0.266 e. The number of hydrogen-bond acceptors (Lipinski definition) is 4. The summed E-state index contributed by atoms with van der Waals surface area (Å²) in [6, 6.07) is 23.9. The second-order valence-electron chi connectivity index (χ2n) is 7.43. The van der Waals surface area contributed by atoms with Gasteiger partial charge < -0.3 is 5.32 Å². The normalized spacial score (nSPS) is 13.0. The van der Waals surface area contributed by atoms with Crippen LogP contribution in [0, 0.1) is 0 Å². The van der Waals surface area contributed by atoms with Crippen molar-refractivity contribution in [3.05, 3.63) is 99.8 Å². The maximum atomic E-state index is 13.3. The first-order valence-electron chi connectivity index (χ1n) is 10.2. The summed E-state index contributed by atoms with van der Waals surface area (Å²) in [4.78, 5) is 31.0. The second kappa shape index (κ2) is 9.59. The van der Waals surface area contributed by atoms with E-state index in [0.29, 0.717) is 26.8 Å². The Morgan fingerprint density at radius 3 is 2.47 bits per heavy atom. The first-order valence-corrected chi connectivity index (χ1v) is 11.5. The minimum absolute atomic E-state index is 0.133. The van der Waals surface area contributed by atoms with E-state index in [1.54, 1.807) is 43.3 Å². The zero-order valence-electron chi connectivity index (χ0n) is 17.7. The van der Waals surface area contributed by atoms with Crippen LogP contribution in [0.15, 0.2) is 88.8 Å². The highest BCUT2D eigenvalue weighted by Crippen LogP contribution is 2.26. The van der Waals surface area contributed by atoms with E-state index in [1.807, 2.05) is 49.4 Å². The fourth-order valence-corrected chi connectivity index (χ4v) is 4.52. The number of nitrogens with one attached hydrogen (secondary N) is 1. The lowest BCUT2D eigenvalue weighted by molar-refractivity contribution is -0.120. The van der Waals surface area contributed by atoms with Gasteiger partial charge in [0.15, 0.2) is 5.16 Å². The topological polar surface area (TPSA) is 64.0 Å². The van der Waals surface area contributed by atoms with Crippen LogP contribution in [-0.2, 0) is 4.79 Å². The van der Waals surface area contributed by atoms with Gasteiger partial charge in [0.1, 0.15) is 0 Å². The average Bonchev–Trinajstić information content (AvgIpc) is 2.79. The van der Waals surface area contributed by atoms with Crippen molar-refractivity contribution in [2.75, 3.05) is 0 Å². The Bertz CT molecular complexity index is 1320. The highest BCUT2D eigenvalue weighted by Gasteiger charge is 2.21. The van der Waals surface area contributed by atoms with E-state index in [9.17, 15) is 9.59 Å². The third-order valence-electron chi connectivity index (χ3n) is 5.12. The monoisotopic (exact) mass is 463 g/mol. The fourth-order valence-electron chi connectivity index (χ4n) is 3.40. The van der Waals surface area contributed by atoms with Gasteiger partial charge >= 0.3 is 0 Å². The summed E-state index contributed by atoms with van der Waals surface area (Å²) in [5, 5.41) is 4.02. The number of para-hydroxylation sites is 1. The molecule has 0 aliphatic carbocycles. The van der Waals surface area contributed by atoms with Crippen LogP contribution in [0.2, 0.25) is 5.02 Å². The predicted molar refractivity (Wildman–Crippen MR) is 131 cm³/mol. The highest BCUT2D eigenvalue weighted by atomic mass is 35.5. The molecule has 0 aliphatic heterocycles. The minimum atomic E-state index is -0.473. The number of fused-ring (bicyclic) bond motifs is 1. The van der Waals surface area contributed by atoms with E-state index in [2.05, 4.69) is 5.32 Å². The highest BCUT2D eigenvalue weighted by molar-refractivity contribution is 8.00. The fraction of sp³-hybridized carbons (Fsp3) is 0.160. The molecule has 0 saturated carbocycles. The molecular weight excluding hydrogens is 442 g/mol. The zero-order chi connectivity index (χ0) is 22.7. The summed E-state index contributed by atoms with van der Waals surface area (Å²) in [6.07, 6.45) is 0. The van der Waals surface area contributed by atoms with Gasteiger partial charge in [0.2, 0.25) is 5.91 Å². The van der Waals surface area contributed by atoms with Crippen LogP contribution in [0.3, 0.4) is 0 Å². The van der Waals surface area contributed by atoms with Crippen LogP contribution < -0.4 is 10.9 Å². The standard InChI is InChI=1S/C25H22ClN3O2S/c1-16(18-9-4-3-5-10-18)27-23(30)17(2)32-25-28-22-14-7-6-13-21(22)24(31)29(25)20-12-8-11-19(26)15-20/h3-17H,1-2H3,(H,27,30). The van der Waals surface area contributed by atoms with E-state index < -0.39 is 5.25 Å². The molecule has 5 nitrogen and oxygen atoms in total. The van der Waals surface area contributed by atoms with Gasteiger partial charge in [-0.3, -0.25) is 14.2 Å². The molecule has 0 aliphatic rings. The molecule has 7 heteroatoms. The molecule has 32 heavy (non-hydrogen) atoms. The van der Waals surface area contributed by atoms with Crippen molar-refractivity contribution in [1.82, 2.24) is 14.9 Å². The number of rotatable bonds is 6. The van der Waals surface area contributed by atoms with Crippen LogP contribution in [0.1, 0.15) is 25.5 Å². The molecule has 1 N–H and O–H groups in total. The minimum Gasteiger partial charge on any atom is -0.349 e. The first-order chi connectivity index (χ1) is 15.4. The number of halogens is 1. The Morgan fingerprint density at radius 2 is 1.72 bits per heavy atom. The Labute approximate surface area is 195 Å². The van der Waals surface area contributed by atoms with Gasteiger partial charge in [-0.1, -0.05) is 71.9 Å². The zero-order valence-corrected chi connectivity index (χ0v) is 19.2. The lowest BCUT2D eigenvalue weighted by Gasteiger charge is -2.19. The quantitative estimate of drug-likeness (QED) is 0.307. The van der Waals surface area contributed by atoms with Gasteiger partial charge in [-0.2, -0.15) is 0 Å². The molecule has 1 aromatic heterocycles. The average molecular weight is 464 g/mol. The second-order valence-corrected chi connectivity index (χ2v) is 9.18. The lowest BCUT2D eigenvalue weighted by atomic mass is 10.1. The van der Waals surface area contributed by atoms with Crippen molar-refractivity contribution in [2.45, 2.75) is 30.3 Å². The number of thioether (sulfide) groups is 1. The van der Waals surface area contributed by atoms with E-state index in [1.165, 1.54) is 16.3 Å². The number of amides is 1. The Hall–Kier alpha value is -3.09. The molecule has 0 fully saturated rings. The van der Waals surface area contributed by atoms with Gasteiger partial charge in [0.25, 0.3) is 5.56 Å². The molecule has 1 amide bonds. The van der Waals surface area contributed by atoms with E-state index in [-0.39, 0.29) is 17.5 Å². The lowest BCUT2D eigenvalue weighted by Crippen LogP contribution is -2.33. The van der Waals surface area contributed by atoms with Gasteiger partial charge in [-0.15, -0.1) is 0 Å². The molecule has 0 saturated heterocycles. The Balaban J connectivity index is 1.68. The van der Waals surface area contributed by atoms with Crippen molar-refractivity contribution >= 4 is 40.2 Å². The molecule has 1 heterocycles. The first kappa shape index (κ1) is 22.1. The third-order valence-corrected chi connectivity index (χ3v) is 6.41. The molecule has 4 aromatic rings. The number of carbonyl (C=O) groups is 1. The van der Waals surface area contributed by atoms with Crippen molar-refractivity contribution in [2.24, 2.45) is 0 Å². The van der Waals surface area contributed by atoms with Crippen molar-refractivity contribution in [1.29, 1.82) is 0 Å². The maximum absolute atomic E-state index is 13.3. The van der Waals surface area contributed by atoms with E-state index in [0.717, 1.165) is 5.56 Å². The maximum Gasteiger partial charge on any atom is 0.266 e. The van der Waals surface area contributed by atoms with Crippen LogP contribution in [0.5, 0.6) is 0 Å². The summed E-state index contributed by atoms with van der Waals surface area (Å²) < 4.78 is 1.52. The van der Waals surface area contributed by atoms with Crippen LogP contribution in [0.25, 0.3) is 16.6 Å². The van der Waals surface area contributed by atoms with E-state index >= 15 is 0 Å². The third kappa shape index (κ3) is 4.71. The van der Waals surface area contributed by atoms with E-state index in [4.69, 9.17) is 16.6 Å². The predicted octanol–water partition coefficient (Wildman–Crippen LogP) is 5.40. The summed E-state index contributed by atoms with van der Waals surface area (Å²) in [5.41, 5.74) is 2.01. The summed E-state index contributed by atoms with van der Waals surface area (Å²) in [6.45, 7) is 3.75. The van der Waals surface area contributed by atoms with Crippen molar-refractivity contribution < 1.29 is 4.79 Å². The molecule has 0 spiro atoms. The number of carbonyl (C=O) groups excluding carboxylic acids is 1. The van der Waals surface area contributed by atoms with Gasteiger partial charge in [-0.25, -0.2) is 4.98 Å². The van der Waals surface area contributed by atoms with Crippen LogP contribution in [0.4, 0.5) is 0 Å². The Kier molecular flexibility index (Phi) is 6.63. The number of aromatic nitrogens is 2. The molecular formula is C25H22ClN3O2S.